The van der Waals surface area contributed by atoms with Crippen LogP contribution in [0.4, 0.5) is 0 Å². The molecule has 1 aliphatic heterocycles. The van der Waals surface area contributed by atoms with Gasteiger partial charge in [-0.3, -0.25) is 14.0 Å². The van der Waals surface area contributed by atoms with Crippen molar-refractivity contribution in [2.75, 3.05) is 13.1 Å². The highest BCUT2D eigenvalue weighted by Crippen LogP contribution is 2.36. The van der Waals surface area contributed by atoms with E-state index in [4.69, 9.17) is 23.2 Å². The lowest BCUT2D eigenvalue weighted by Gasteiger charge is -2.38. The first-order valence-electron chi connectivity index (χ1n) is 9.33. The summed E-state index contributed by atoms with van der Waals surface area (Å²) in [5, 5.41) is 12.1. The van der Waals surface area contributed by atoms with Crippen molar-refractivity contribution < 1.29 is 5.11 Å². The van der Waals surface area contributed by atoms with Gasteiger partial charge in [-0.2, -0.15) is 0 Å². The van der Waals surface area contributed by atoms with Gasteiger partial charge in [-0.15, -0.1) is 0 Å². The predicted molar refractivity (Wildman–Crippen MR) is 113 cm³/mol. The van der Waals surface area contributed by atoms with Gasteiger partial charge in [0.05, 0.1) is 26.7 Å². The Morgan fingerprint density at radius 1 is 0.964 bits per heavy atom. The number of benzene rings is 2. The molecule has 0 aliphatic carbocycles. The molecule has 148 valence electrons. The van der Waals surface area contributed by atoms with Crippen LogP contribution in [0.5, 0.6) is 0 Å². The van der Waals surface area contributed by atoms with Crippen LogP contribution in [0.25, 0.3) is 11.0 Å². The third-order valence-electron chi connectivity index (χ3n) is 5.88. The molecule has 0 unspecified atom stereocenters. The van der Waals surface area contributed by atoms with E-state index in [9.17, 15) is 9.90 Å². The molecule has 1 fully saturated rings. The van der Waals surface area contributed by atoms with Crippen LogP contribution in [-0.2, 0) is 26.2 Å². The first kappa shape index (κ1) is 19.5. The van der Waals surface area contributed by atoms with Gasteiger partial charge in [0.2, 0.25) is 0 Å². The first-order valence-corrected chi connectivity index (χ1v) is 10.1. The summed E-state index contributed by atoms with van der Waals surface area (Å²) < 4.78 is 3.34. The van der Waals surface area contributed by atoms with Crippen LogP contribution in [0.2, 0.25) is 10.0 Å². The number of hydrogen-bond donors (Lipinski definition) is 1. The molecule has 0 bridgehead atoms. The van der Waals surface area contributed by atoms with Crippen molar-refractivity contribution in [2.24, 2.45) is 14.1 Å². The molecule has 2 aromatic carbocycles. The molecule has 0 spiro atoms. The smallest absolute Gasteiger partial charge is 0.328 e. The zero-order chi connectivity index (χ0) is 20.1. The lowest BCUT2D eigenvalue weighted by molar-refractivity contribution is -0.0277. The zero-order valence-electron chi connectivity index (χ0n) is 16.0. The maximum atomic E-state index is 12.1. The molecular weight excluding hydrogens is 397 g/mol. The van der Waals surface area contributed by atoms with Gasteiger partial charge in [-0.25, -0.2) is 4.79 Å². The Bertz CT molecular complexity index is 1090. The number of piperidine rings is 1. The number of aryl methyl sites for hydroxylation is 2. The average Bonchev–Trinajstić information content (AvgIpc) is 2.90. The minimum atomic E-state index is -0.877. The second kappa shape index (κ2) is 7.23. The van der Waals surface area contributed by atoms with E-state index in [2.05, 4.69) is 17.0 Å². The second-order valence-electron chi connectivity index (χ2n) is 7.66. The topological polar surface area (TPSA) is 50.4 Å². The molecule has 0 atom stereocenters. The van der Waals surface area contributed by atoms with Gasteiger partial charge in [0.25, 0.3) is 0 Å². The van der Waals surface area contributed by atoms with E-state index in [-0.39, 0.29) is 5.69 Å². The maximum Gasteiger partial charge on any atom is 0.328 e. The number of rotatable bonds is 3. The molecule has 0 amide bonds. The summed E-state index contributed by atoms with van der Waals surface area (Å²) in [4.78, 5) is 14.4. The Morgan fingerprint density at radius 3 is 2.32 bits per heavy atom. The van der Waals surface area contributed by atoms with Crippen LogP contribution in [0.15, 0.2) is 41.2 Å². The average molecular weight is 420 g/mol. The molecule has 28 heavy (non-hydrogen) atoms. The molecule has 0 radical (unpaired) electrons. The lowest BCUT2D eigenvalue weighted by atomic mass is 9.84. The summed E-state index contributed by atoms with van der Waals surface area (Å²) in [5.41, 5.74) is 2.96. The quantitative estimate of drug-likeness (QED) is 0.704. The van der Waals surface area contributed by atoms with Crippen LogP contribution in [0, 0.1) is 0 Å². The van der Waals surface area contributed by atoms with Crippen LogP contribution in [0.1, 0.15) is 24.0 Å². The van der Waals surface area contributed by atoms with Gasteiger partial charge in [-0.1, -0.05) is 35.3 Å². The number of nitrogens with zero attached hydrogens (tertiary/aromatic N) is 3. The molecule has 5 nitrogen and oxygen atoms in total. The van der Waals surface area contributed by atoms with Gasteiger partial charge in [0.15, 0.2) is 0 Å². The summed E-state index contributed by atoms with van der Waals surface area (Å²) in [7, 11) is 3.59. The number of aliphatic hydroxyl groups is 1. The standard InChI is InChI=1S/C21H23Cl2N3O2/c1-24-18-6-3-14(11-19(18)25(2)20(24)27)13-26-9-7-21(28,8-10-26)15-4-5-16(22)17(23)12-15/h3-6,11-12,28H,7-10,13H2,1-2H3. The van der Waals surface area contributed by atoms with Crippen molar-refractivity contribution in [1.82, 2.24) is 14.0 Å². The van der Waals surface area contributed by atoms with E-state index in [1.807, 2.05) is 12.1 Å². The molecule has 3 aromatic rings. The van der Waals surface area contributed by atoms with E-state index in [0.29, 0.717) is 22.9 Å². The number of likely N-dealkylation sites (tertiary alicyclic amines) is 1. The number of fused-ring (bicyclic) bond motifs is 1. The normalized spacial score (nSPS) is 17.3. The van der Waals surface area contributed by atoms with Crippen LogP contribution in [0.3, 0.4) is 0 Å². The molecule has 0 saturated carbocycles. The number of imidazole rings is 1. The summed E-state index contributed by atoms with van der Waals surface area (Å²) in [5.74, 6) is 0. The molecule has 1 aromatic heterocycles. The molecule has 1 saturated heterocycles. The number of hydrogen-bond acceptors (Lipinski definition) is 3. The largest absolute Gasteiger partial charge is 0.385 e. The van der Waals surface area contributed by atoms with E-state index in [0.717, 1.165) is 41.8 Å². The van der Waals surface area contributed by atoms with Crippen molar-refractivity contribution in [3.8, 4) is 0 Å². The Hall–Kier alpha value is -1.79. The fourth-order valence-electron chi connectivity index (χ4n) is 4.06. The first-order chi connectivity index (χ1) is 13.3. The summed E-state index contributed by atoms with van der Waals surface area (Å²) >= 11 is 12.1. The highest BCUT2D eigenvalue weighted by molar-refractivity contribution is 6.42. The summed E-state index contributed by atoms with van der Waals surface area (Å²) in [6.45, 7) is 2.35. The van der Waals surface area contributed by atoms with Crippen LogP contribution in [-0.4, -0.2) is 32.2 Å². The summed E-state index contributed by atoms with van der Waals surface area (Å²) in [6.07, 6.45) is 1.27. The monoisotopic (exact) mass is 419 g/mol. The van der Waals surface area contributed by atoms with Crippen molar-refractivity contribution in [2.45, 2.75) is 25.0 Å². The number of halogens is 2. The SMILES string of the molecule is Cn1c(=O)n(C)c2cc(CN3CCC(O)(c4ccc(Cl)c(Cl)c4)CC3)ccc21. The Balaban J connectivity index is 1.48. The molecule has 2 heterocycles. The molecular formula is C21H23Cl2N3O2. The lowest BCUT2D eigenvalue weighted by Crippen LogP contribution is -2.42. The van der Waals surface area contributed by atoms with Crippen molar-refractivity contribution >= 4 is 34.2 Å². The second-order valence-corrected chi connectivity index (χ2v) is 8.47. The molecule has 7 heteroatoms. The van der Waals surface area contributed by atoms with Gasteiger partial charge < -0.3 is 5.11 Å². The van der Waals surface area contributed by atoms with Crippen LogP contribution < -0.4 is 5.69 Å². The summed E-state index contributed by atoms with van der Waals surface area (Å²) in [6, 6.07) is 11.5. The predicted octanol–water partition coefficient (Wildman–Crippen LogP) is 3.67. The minimum Gasteiger partial charge on any atom is -0.385 e. The van der Waals surface area contributed by atoms with Gasteiger partial charge >= 0.3 is 5.69 Å². The fraction of sp³-hybridized carbons (Fsp3) is 0.381. The zero-order valence-corrected chi connectivity index (χ0v) is 17.5. The van der Waals surface area contributed by atoms with Gasteiger partial charge in [-0.05, 0) is 48.2 Å². The molecule has 1 aliphatic rings. The molecule has 4 rings (SSSR count). The fourth-order valence-corrected chi connectivity index (χ4v) is 4.36. The minimum absolute atomic E-state index is 0.0168. The highest BCUT2D eigenvalue weighted by atomic mass is 35.5. The maximum absolute atomic E-state index is 12.1. The van der Waals surface area contributed by atoms with Crippen molar-refractivity contribution in [3.63, 3.8) is 0 Å². The van der Waals surface area contributed by atoms with E-state index in [1.165, 1.54) is 0 Å². The van der Waals surface area contributed by atoms with Crippen molar-refractivity contribution in [1.29, 1.82) is 0 Å². The van der Waals surface area contributed by atoms with Gasteiger partial charge in [0, 0.05) is 33.7 Å². The van der Waals surface area contributed by atoms with Crippen molar-refractivity contribution in [3.05, 3.63) is 68.1 Å². The third-order valence-corrected chi connectivity index (χ3v) is 6.62. The van der Waals surface area contributed by atoms with E-state index in [1.54, 1.807) is 35.4 Å². The third kappa shape index (κ3) is 3.37. The Labute approximate surface area is 173 Å². The van der Waals surface area contributed by atoms with E-state index >= 15 is 0 Å². The van der Waals surface area contributed by atoms with E-state index < -0.39 is 5.60 Å². The van der Waals surface area contributed by atoms with Crippen LogP contribution >= 0.6 is 23.2 Å². The highest BCUT2D eigenvalue weighted by Gasteiger charge is 2.34. The molecule has 1 N–H and O–H groups in total. The Morgan fingerprint density at radius 2 is 1.64 bits per heavy atom. The number of aromatic nitrogens is 2. The van der Waals surface area contributed by atoms with Gasteiger partial charge in [0.1, 0.15) is 0 Å². The Kier molecular flexibility index (Phi) is 5.04.